The van der Waals surface area contributed by atoms with E-state index < -0.39 is 6.29 Å². The summed E-state index contributed by atoms with van der Waals surface area (Å²) in [5, 5.41) is 0.819. The Bertz CT molecular complexity index is 557. The fraction of sp³-hybridized carbons (Fsp3) is 0.333. The summed E-state index contributed by atoms with van der Waals surface area (Å²) in [5.74, 6) is -0.165. The number of fused-ring (bicyclic) bond motifs is 1. The van der Waals surface area contributed by atoms with E-state index in [1.807, 2.05) is 38.1 Å². The van der Waals surface area contributed by atoms with E-state index in [4.69, 9.17) is 9.47 Å². The molecule has 2 aromatic rings. The van der Waals surface area contributed by atoms with Gasteiger partial charge in [-0.3, -0.25) is 9.78 Å². The molecule has 0 fully saturated rings. The Morgan fingerprint density at radius 1 is 1.16 bits per heavy atom. The van der Waals surface area contributed by atoms with Crippen LogP contribution in [0.5, 0.6) is 0 Å². The van der Waals surface area contributed by atoms with Gasteiger partial charge < -0.3 is 9.47 Å². The molecule has 4 heteroatoms. The summed E-state index contributed by atoms with van der Waals surface area (Å²) in [4.78, 5) is 16.7. The highest BCUT2D eigenvalue weighted by Gasteiger charge is 2.22. The molecule has 0 unspecified atom stereocenters. The van der Waals surface area contributed by atoms with E-state index in [0.29, 0.717) is 18.8 Å². The second-order valence-electron chi connectivity index (χ2n) is 3.98. The maximum Gasteiger partial charge on any atom is 0.222 e. The predicted molar refractivity (Wildman–Crippen MR) is 73.1 cm³/mol. The molecule has 0 amide bonds. The zero-order valence-corrected chi connectivity index (χ0v) is 11.1. The van der Waals surface area contributed by atoms with E-state index in [2.05, 4.69) is 4.98 Å². The summed E-state index contributed by atoms with van der Waals surface area (Å²) < 4.78 is 10.7. The van der Waals surface area contributed by atoms with Gasteiger partial charge >= 0.3 is 0 Å². The monoisotopic (exact) mass is 259 g/mol. The maximum absolute atomic E-state index is 12.5. The van der Waals surface area contributed by atoms with Crippen LogP contribution in [0.15, 0.2) is 36.5 Å². The predicted octanol–water partition coefficient (Wildman–Crippen LogP) is 2.82. The number of nitrogens with zero attached hydrogens (tertiary/aromatic N) is 1. The first kappa shape index (κ1) is 13.6. The summed E-state index contributed by atoms with van der Waals surface area (Å²) in [6.07, 6.45) is 0.861. The fourth-order valence-corrected chi connectivity index (χ4v) is 1.95. The highest BCUT2D eigenvalue weighted by Crippen LogP contribution is 2.19. The van der Waals surface area contributed by atoms with E-state index in [9.17, 15) is 4.79 Å². The molecule has 0 aliphatic rings. The lowest BCUT2D eigenvalue weighted by Crippen LogP contribution is -2.28. The molecule has 0 saturated heterocycles. The molecule has 2 rings (SSSR count). The van der Waals surface area contributed by atoms with Crippen LogP contribution in [0.25, 0.3) is 10.9 Å². The molecule has 100 valence electrons. The molecular formula is C15H17NO3. The lowest BCUT2D eigenvalue weighted by atomic mass is 10.0. The van der Waals surface area contributed by atoms with Crippen LogP contribution < -0.4 is 0 Å². The Kier molecular flexibility index (Phi) is 4.60. The van der Waals surface area contributed by atoms with Gasteiger partial charge in [-0.1, -0.05) is 18.2 Å². The Morgan fingerprint density at radius 2 is 1.89 bits per heavy atom. The molecule has 0 aliphatic heterocycles. The number of carbonyl (C=O) groups excluding carboxylic acids is 1. The third-order valence-electron chi connectivity index (χ3n) is 2.76. The minimum atomic E-state index is -0.846. The number of carbonyl (C=O) groups is 1. The third-order valence-corrected chi connectivity index (χ3v) is 2.76. The molecule has 0 atom stereocenters. The lowest BCUT2D eigenvalue weighted by molar-refractivity contribution is -0.107. The van der Waals surface area contributed by atoms with Crippen LogP contribution >= 0.6 is 0 Å². The molecule has 19 heavy (non-hydrogen) atoms. The normalized spacial score (nSPS) is 11.1. The quantitative estimate of drug-likeness (QED) is 0.591. The average Bonchev–Trinajstić information content (AvgIpc) is 2.46. The van der Waals surface area contributed by atoms with E-state index in [0.717, 1.165) is 10.9 Å². The zero-order chi connectivity index (χ0) is 13.7. The number of pyridine rings is 1. The lowest BCUT2D eigenvalue weighted by Gasteiger charge is -2.16. The molecule has 0 spiro atoms. The van der Waals surface area contributed by atoms with Gasteiger partial charge in [0.2, 0.25) is 12.1 Å². The Labute approximate surface area is 112 Å². The van der Waals surface area contributed by atoms with Crippen LogP contribution in [0.3, 0.4) is 0 Å². The maximum atomic E-state index is 12.5. The number of hydrogen-bond acceptors (Lipinski definition) is 4. The van der Waals surface area contributed by atoms with E-state index >= 15 is 0 Å². The van der Waals surface area contributed by atoms with Crippen molar-refractivity contribution in [1.29, 1.82) is 0 Å². The van der Waals surface area contributed by atoms with Gasteiger partial charge in [0.1, 0.15) is 0 Å². The highest BCUT2D eigenvalue weighted by atomic mass is 16.7. The summed E-state index contributed by atoms with van der Waals surface area (Å²) in [6, 6.07) is 9.16. The van der Waals surface area contributed by atoms with Crippen LogP contribution in [-0.2, 0) is 9.47 Å². The smallest absolute Gasteiger partial charge is 0.222 e. The van der Waals surface area contributed by atoms with E-state index in [1.54, 1.807) is 12.3 Å². The van der Waals surface area contributed by atoms with Crippen LogP contribution in [-0.4, -0.2) is 30.3 Å². The number of benzene rings is 1. The van der Waals surface area contributed by atoms with Crippen LogP contribution in [0.1, 0.15) is 24.2 Å². The largest absolute Gasteiger partial charge is 0.346 e. The minimum Gasteiger partial charge on any atom is -0.346 e. The average molecular weight is 259 g/mol. The minimum absolute atomic E-state index is 0.165. The van der Waals surface area contributed by atoms with Crippen molar-refractivity contribution in [3.8, 4) is 0 Å². The molecule has 1 aromatic heterocycles. The summed E-state index contributed by atoms with van der Waals surface area (Å²) in [6.45, 7) is 4.53. The van der Waals surface area contributed by atoms with Gasteiger partial charge in [0.25, 0.3) is 0 Å². The van der Waals surface area contributed by atoms with Crippen molar-refractivity contribution in [2.75, 3.05) is 13.2 Å². The molecule has 0 bridgehead atoms. The van der Waals surface area contributed by atoms with Crippen molar-refractivity contribution in [3.05, 3.63) is 42.1 Å². The summed E-state index contributed by atoms with van der Waals surface area (Å²) in [5.41, 5.74) is 1.37. The summed E-state index contributed by atoms with van der Waals surface area (Å²) in [7, 11) is 0. The van der Waals surface area contributed by atoms with Gasteiger partial charge in [-0.25, -0.2) is 0 Å². The third kappa shape index (κ3) is 2.97. The van der Waals surface area contributed by atoms with Gasteiger partial charge in [-0.2, -0.15) is 0 Å². The number of aromatic nitrogens is 1. The molecule has 0 saturated carbocycles. The van der Waals surface area contributed by atoms with Crippen LogP contribution in [0.4, 0.5) is 0 Å². The molecule has 0 aliphatic carbocycles. The van der Waals surface area contributed by atoms with E-state index in [1.165, 1.54) is 0 Å². The molecule has 0 N–H and O–H groups in total. The number of hydrogen-bond donors (Lipinski definition) is 0. The number of rotatable bonds is 6. The van der Waals surface area contributed by atoms with Gasteiger partial charge in [0.05, 0.1) is 5.52 Å². The van der Waals surface area contributed by atoms with Crippen LogP contribution in [0, 0.1) is 0 Å². The highest BCUT2D eigenvalue weighted by molar-refractivity contribution is 6.08. The van der Waals surface area contributed by atoms with Crippen LogP contribution in [0.2, 0.25) is 0 Å². The fourth-order valence-electron chi connectivity index (χ4n) is 1.95. The van der Waals surface area contributed by atoms with Gasteiger partial charge in [-0.05, 0) is 26.0 Å². The van der Waals surface area contributed by atoms with Crippen molar-refractivity contribution < 1.29 is 14.3 Å². The summed E-state index contributed by atoms with van der Waals surface area (Å²) >= 11 is 0. The molecule has 0 radical (unpaired) electrons. The Balaban J connectivity index is 2.39. The zero-order valence-electron chi connectivity index (χ0n) is 11.1. The first-order valence-electron chi connectivity index (χ1n) is 6.39. The number of ether oxygens (including phenoxy) is 2. The van der Waals surface area contributed by atoms with Crippen molar-refractivity contribution in [3.63, 3.8) is 0 Å². The number of ketones is 1. The Hall–Kier alpha value is -1.78. The van der Waals surface area contributed by atoms with Crippen molar-refractivity contribution in [2.24, 2.45) is 0 Å². The molecule has 1 aromatic carbocycles. The van der Waals surface area contributed by atoms with Crippen molar-refractivity contribution in [2.45, 2.75) is 20.1 Å². The standard InChI is InChI=1S/C15H17NO3/c1-3-18-15(19-4-2)14(17)12-7-5-9-13-11(12)8-6-10-16-13/h5-10,15H,3-4H2,1-2H3. The van der Waals surface area contributed by atoms with Gasteiger partial charge in [-0.15, -0.1) is 0 Å². The van der Waals surface area contributed by atoms with E-state index in [-0.39, 0.29) is 5.78 Å². The van der Waals surface area contributed by atoms with Crippen molar-refractivity contribution in [1.82, 2.24) is 4.98 Å². The number of Topliss-reactive ketones (excluding diaryl/α,β-unsaturated/α-hetero) is 1. The van der Waals surface area contributed by atoms with Gasteiger partial charge in [0, 0.05) is 30.4 Å². The first-order chi connectivity index (χ1) is 9.27. The van der Waals surface area contributed by atoms with Crippen molar-refractivity contribution >= 4 is 16.7 Å². The SMILES string of the molecule is CCOC(OCC)C(=O)c1cccc2ncccc12. The Morgan fingerprint density at radius 3 is 2.58 bits per heavy atom. The molecule has 4 nitrogen and oxygen atoms in total. The topological polar surface area (TPSA) is 48.4 Å². The second-order valence-corrected chi connectivity index (χ2v) is 3.98. The van der Waals surface area contributed by atoms with Gasteiger partial charge in [0.15, 0.2) is 0 Å². The molecule has 1 heterocycles. The molecular weight excluding hydrogens is 242 g/mol. The second kappa shape index (κ2) is 6.41. The first-order valence-corrected chi connectivity index (χ1v) is 6.39.